The van der Waals surface area contributed by atoms with E-state index in [0.717, 1.165) is 16.7 Å². The normalized spacial score (nSPS) is 25.7. The summed E-state index contributed by atoms with van der Waals surface area (Å²) in [6.45, 7) is 6.18. The van der Waals surface area contributed by atoms with E-state index in [0.29, 0.717) is 50.3 Å². The summed E-state index contributed by atoms with van der Waals surface area (Å²) in [5, 5.41) is 10.9. The average Bonchev–Trinajstić information content (AvgIpc) is 3.39. The Labute approximate surface area is 191 Å². The third-order valence-electron chi connectivity index (χ3n) is 7.27. The second-order valence-electron chi connectivity index (χ2n) is 9.27. The molecular weight excluding hydrogens is 428 g/mol. The van der Waals surface area contributed by atoms with Crippen LogP contribution in [0.25, 0.3) is 0 Å². The Kier molecular flexibility index (Phi) is 5.50. The van der Waals surface area contributed by atoms with Crippen LogP contribution in [0.3, 0.4) is 0 Å². The van der Waals surface area contributed by atoms with Crippen LogP contribution in [0, 0.1) is 6.92 Å². The van der Waals surface area contributed by atoms with Crippen LogP contribution in [0.4, 0.5) is 0 Å². The molecule has 176 valence electrons. The standard InChI is InChI=1S/C24H28N2O7/c1-14-11-33-24(23(30)26(14)16-9-21(28)31-12-16)5-7-25(8-6-24)10-20(27)17-3-4-18-19(15(17)2)13-32-22(18)29/h3-4,9,14,20,27H,5-8,10-13H2,1-2H3. The van der Waals surface area contributed by atoms with Crippen LogP contribution in [-0.4, -0.2) is 77.2 Å². The third kappa shape index (κ3) is 3.74. The number of likely N-dealkylation sites (tertiary alicyclic amines) is 1. The van der Waals surface area contributed by atoms with Crippen molar-refractivity contribution >= 4 is 17.8 Å². The molecule has 0 aromatic heterocycles. The van der Waals surface area contributed by atoms with Crippen molar-refractivity contribution in [1.29, 1.82) is 0 Å². The molecule has 1 spiro atoms. The fraction of sp³-hybridized carbons (Fsp3) is 0.542. The summed E-state index contributed by atoms with van der Waals surface area (Å²) in [5.41, 5.74) is 2.76. The minimum Gasteiger partial charge on any atom is -0.457 e. The summed E-state index contributed by atoms with van der Waals surface area (Å²) in [4.78, 5) is 40.5. The highest BCUT2D eigenvalue weighted by Crippen LogP contribution is 2.36. The van der Waals surface area contributed by atoms with Crippen molar-refractivity contribution in [2.45, 2.75) is 51.0 Å². The molecule has 2 atom stereocenters. The maximum atomic E-state index is 13.4. The van der Waals surface area contributed by atoms with E-state index in [4.69, 9.17) is 14.2 Å². The van der Waals surface area contributed by atoms with Gasteiger partial charge in [0.1, 0.15) is 18.8 Å². The van der Waals surface area contributed by atoms with Crippen molar-refractivity contribution < 1.29 is 33.7 Å². The van der Waals surface area contributed by atoms with Crippen molar-refractivity contribution in [2.75, 3.05) is 32.8 Å². The fourth-order valence-corrected chi connectivity index (χ4v) is 5.28. The highest BCUT2D eigenvalue weighted by Gasteiger charge is 2.50. The van der Waals surface area contributed by atoms with Gasteiger partial charge in [0.05, 0.1) is 30.0 Å². The van der Waals surface area contributed by atoms with Crippen molar-refractivity contribution in [1.82, 2.24) is 9.80 Å². The molecule has 2 unspecified atom stereocenters. The molecule has 4 aliphatic rings. The van der Waals surface area contributed by atoms with Crippen molar-refractivity contribution in [3.8, 4) is 0 Å². The van der Waals surface area contributed by atoms with Crippen LogP contribution in [0.1, 0.15) is 52.9 Å². The number of cyclic esters (lactones) is 2. The van der Waals surface area contributed by atoms with Crippen molar-refractivity contribution in [3.63, 3.8) is 0 Å². The summed E-state index contributed by atoms with van der Waals surface area (Å²) in [7, 11) is 0. The van der Waals surface area contributed by atoms with E-state index in [1.165, 1.54) is 6.08 Å². The minimum atomic E-state index is -0.915. The molecule has 9 nitrogen and oxygen atoms in total. The van der Waals surface area contributed by atoms with Gasteiger partial charge in [-0.15, -0.1) is 0 Å². The summed E-state index contributed by atoms with van der Waals surface area (Å²) in [6.07, 6.45) is 1.69. The minimum absolute atomic E-state index is 0.111. The average molecular weight is 456 g/mol. The first-order chi connectivity index (χ1) is 15.8. The van der Waals surface area contributed by atoms with Gasteiger partial charge in [-0.25, -0.2) is 9.59 Å². The van der Waals surface area contributed by atoms with Gasteiger partial charge in [0, 0.05) is 31.3 Å². The number of esters is 2. The number of hydrogen-bond acceptors (Lipinski definition) is 8. The van der Waals surface area contributed by atoms with Crippen LogP contribution < -0.4 is 0 Å². The number of fused-ring (bicyclic) bond motifs is 1. The lowest BCUT2D eigenvalue weighted by Crippen LogP contribution is -2.63. The molecule has 0 bridgehead atoms. The van der Waals surface area contributed by atoms with Gasteiger partial charge in [-0.05, 0) is 43.9 Å². The van der Waals surface area contributed by atoms with Crippen LogP contribution in [-0.2, 0) is 30.4 Å². The number of morpholine rings is 1. The molecular formula is C24H28N2O7. The Morgan fingerprint density at radius 2 is 1.91 bits per heavy atom. The quantitative estimate of drug-likeness (QED) is 0.675. The highest BCUT2D eigenvalue weighted by molar-refractivity contribution is 5.94. The molecule has 0 radical (unpaired) electrons. The zero-order valence-electron chi connectivity index (χ0n) is 18.8. The molecule has 1 aromatic rings. The second-order valence-corrected chi connectivity index (χ2v) is 9.27. The number of nitrogens with zero attached hydrogens (tertiary/aromatic N) is 2. The number of rotatable bonds is 4. The van der Waals surface area contributed by atoms with Crippen LogP contribution >= 0.6 is 0 Å². The number of piperidine rings is 1. The summed E-state index contributed by atoms with van der Waals surface area (Å²) >= 11 is 0. The molecule has 1 N–H and O–H groups in total. The molecule has 0 aliphatic carbocycles. The molecule has 33 heavy (non-hydrogen) atoms. The first kappa shape index (κ1) is 22.1. The maximum Gasteiger partial charge on any atom is 0.338 e. The number of hydrogen-bond donors (Lipinski definition) is 1. The Morgan fingerprint density at radius 1 is 1.15 bits per heavy atom. The SMILES string of the molecule is Cc1c(C(O)CN2CCC3(CC2)OCC(C)N(C2=CC(=O)OC2)C3=O)ccc2c1COC2=O. The van der Waals surface area contributed by atoms with Gasteiger partial charge in [0.15, 0.2) is 0 Å². The molecule has 4 heterocycles. The largest absolute Gasteiger partial charge is 0.457 e. The van der Waals surface area contributed by atoms with Gasteiger partial charge in [-0.1, -0.05) is 6.07 Å². The molecule has 2 fully saturated rings. The van der Waals surface area contributed by atoms with Crippen molar-refractivity contribution in [3.05, 3.63) is 46.2 Å². The van der Waals surface area contributed by atoms with Gasteiger partial charge >= 0.3 is 11.9 Å². The molecule has 0 saturated carbocycles. The smallest absolute Gasteiger partial charge is 0.338 e. The number of aliphatic hydroxyl groups excluding tert-OH is 1. The van der Waals surface area contributed by atoms with Crippen LogP contribution in [0.5, 0.6) is 0 Å². The Balaban J connectivity index is 1.25. The van der Waals surface area contributed by atoms with Gasteiger partial charge in [0.2, 0.25) is 0 Å². The predicted octanol–water partition coefficient (Wildman–Crippen LogP) is 1.22. The summed E-state index contributed by atoms with van der Waals surface area (Å²) in [5.74, 6) is -0.863. The van der Waals surface area contributed by atoms with Gasteiger partial charge < -0.3 is 29.1 Å². The summed E-state index contributed by atoms with van der Waals surface area (Å²) < 4.78 is 16.2. The van der Waals surface area contributed by atoms with E-state index in [-0.39, 0.29) is 31.1 Å². The molecule has 9 heteroatoms. The molecule has 1 amide bonds. The molecule has 2 saturated heterocycles. The fourth-order valence-electron chi connectivity index (χ4n) is 5.28. The van der Waals surface area contributed by atoms with E-state index in [1.54, 1.807) is 17.0 Å². The number of carbonyl (C=O) groups is 3. The van der Waals surface area contributed by atoms with E-state index in [9.17, 15) is 19.5 Å². The number of benzene rings is 1. The maximum absolute atomic E-state index is 13.4. The summed E-state index contributed by atoms with van der Waals surface area (Å²) in [6, 6.07) is 3.35. The molecule has 1 aromatic carbocycles. The number of ether oxygens (including phenoxy) is 3. The second kappa shape index (κ2) is 8.23. The number of amides is 1. The number of aliphatic hydroxyl groups is 1. The van der Waals surface area contributed by atoms with Gasteiger partial charge in [-0.3, -0.25) is 4.79 Å². The van der Waals surface area contributed by atoms with E-state index in [1.807, 2.05) is 13.8 Å². The Bertz CT molecular complexity index is 1040. The first-order valence-corrected chi connectivity index (χ1v) is 11.3. The number of β-amino-alcohol motifs (C(OH)–C–C–N with tert-alkyl or cyclic N) is 1. The monoisotopic (exact) mass is 456 g/mol. The Hall–Kier alpha value is -2.75. The highest BCUT2D eigenvalue weighted by atomic mass is 16.5. The van der Waals surface area contributed by atoms with Gasteiger partial charge in [-0.2, -0.15) is 0 Å². The lowest BCUT2D eigenvalue weighted by molar-refractivity contribution is -0.184. The van der Waals surface area contributed by atoms with E-state index < -0.39 is 17.7 Å². The molecule has 4 aliphatic heterocycles. The topological polar surface area (TPSA) is 106 Å². The van der Waals surface area contributed by atoms with Crippen molar-refractivity contribution in [2.24, 2.45) is 0 Å². The zero-order valence-corrected chi connectivity index (χ0v) is 18.8. The van der Waals surface area contributed by atoms with E-state index in [2.05, 4.69) is 4.90 Å². The third-order valence-corrected chi connectivity index (χ3v) is 7.27. The van der Waals surface area contributed by atoms with Gasteiger partial charge in [0.25, 0.3) is 5.91 Å². The molecule has 5 rings (SSSR count). The lowest BCUT2D eigenvalue weighted by Gasteiger charge is -2.48. The van der Waals surface area contributed by atoms with Crippen LogP contribution in [0.15, 0.2) is 23.9 Å². The first-order valence-electron chi connectivity index (χ1n) is 11.3. The van der Waals surface area contributed by atoms with Crippen LogP contribution in [0.2, 0.25) is 0 Å². The Morgan fingerprint density at radius 3 is 2.61 bits per heavy atom. The lowest BCUT2D eigenvalue weighted by atomic mass is 9.86. The van der Waals surface area contributed by atoms with E-state index >= 15 is 0 Å². The predicted molar refractivity (Wildman–Crippen MR) is 115 cm³/mol. The number of carbonyl (C=O) groups excluding carboxylic acids is 3. The zero-order chi connectivity index (χ0) is 23.3.